The molecule has 7 nitrogen and oxygen atoms in total. The average molecular weight is 493 g/mol. The summed E-state index contributed by atoms with van der Waals surface area (Å²) in [5.41, 5.74) is 1.08. The van der Waals surface area contributed by atoms with E-state index in [4.69, 9.17) is 9.47 Å². The molecule has 0 unspecified atom stereocenters. The molecule has 0 spiro atoms. The third-order valence-electron chi connectivity index (χ3n) is 4.85. The third-order valence-corrected chi connectivity index (χ3v) is 6.71. The molecular weight excluding hydrogens is 460 g/mol. The molecule has 3 rings (SSSR count). The number of esters is 2. The van der Waals surface area contributed by atoms with Gasteiger partial charge in [-0.15, -0.1) is 11.3 Å². The van der Waals surface area contributed by atoms with Crippen LogP contribution in [0.5, 0.6) is 0 Å². The van der Waals surface area contributed by atoms with Crippen LogP contribution >= 0.6 is 22.7 Å². The maximum absolute atomic E-state index is 13.1. The Bertz CT molecular complexity index is 1010. The van der Waals surface area contributed by atoms with Gasteiger partial charge in [-0.25, -0.2) is 9.59 Å². The van der Waals surface area contributed by atoms with Crippen molar-refractivity contribution < 1.29 is 23.9 Å². The van der Waals surface area contributed by atoms with Gasteiger partial charge in [0.1, 0.15) is 16.2 Å². The lowest BCUT2D eigenvalue weighted by Gasteiger charge is -2.27. The molecular formula is C24H32N2O5S2. The number of rotatable bonds is 5. The van der Waals surface area contributed by atoms with Gasteiger partial charge in [-0.1, -0.05) is 0 Å². The first-order chi connectivity index (χ1) is 15.3. The number of hydrogen-bond donors (Lipinski definition) is 1. The Kier molecular flexibility index (Phi) is 7.65. The van der Waals surface area contributed by atoms with Crippen molar-refractivity contribution in [3.8, 4) is 0 Å². The summed E-state index contributed by atoms with van der Waals surface area (Å²) in [6.07, 6.45) is 1.64. The van der Waals surface area contributed by atoms with E-state index in [0.29, 0.717) is 23.5 Å². The van der Waals surface area contributed by atoms with Crippen LogP contribution < -0.4 is 5.32 Å². The highest BCUT2D eigenvalue weighted by molar-refractivity contribution is 7.17. The van der Waals surface area contributed by atoms with Gasteiger partial charge < -0.3 is 14.8 Å². The number of anilines is 1. The van der Waals surface area contributed by atoms with Crippen LogP contribution in [0.3, 0.4) is 0 Å². The van der Waals surface area contributed by atoms with Crippen molar-refractivity contribution in [1.29, 1.82) is 0 Å². The molecule has 1 N–H and O–H groups in total. The highest BCUT2D eigenvalue weighted by Gasteiger charge is 2.33. The number of ether oxygens (including phenoxy) is 2. The summed E-state index contributed by atoms with van der Waals surface area (Å²) < 4.78 is 10.8. The van der Waals surface area contributed by atoms with Crippen molar-refractivity contribution in [1.82, 2.24) is 4.90 Å². The Morgan fingerprint density at radius 2 is 1.79 bits per heavy atom. The summed E-state index contributed by atoms with van der Waals surface area (Å²) in [4.78, 5) is 41.1. The number of nitrogens with one attached hydrogen (secondary N) is 1. The first-order valence-corrected chi connectivity index (χ1v) is 12.7. The van der Waals surface area contributed by atoms with Crippen LogP contribution in [0.1, 0.15) is 67.9 Å². The molecule has 2 aromatic heterocycles. The summed E-state index contributed by atoms with van der Waals surface area (Å²) in [6.45, 7) is 12.9. The van der Waals surface area contributed by atoms with Gasteiger partial charge in [0.15, 0.2) is 0 Å². The minimum absolute atomic E-state index is 0.338. The molecule has 33 heavy (non-hydrogen) atoms. The zero-order valence-electron chi connectivity index (χ0n) is 20.1. The molecule has 1 aliphatic rings. The lowest BCUT2D eigenvalue weighted by atomic mass is 10.0. The van der Waals surface area contributed by atoms with Crippen molar-refractivity contribution >= 4 is 45.5 Å². The van der Waals surface area contributed by atoms with Crippen molar-refractivity contribution in [3.63, 3.8) is 0 Å². The zero-order valence-corrected chi connectivity index (χ0v) is 21.7. The first kappa shape index (κ1) is 25.4. The van der Waals surface area contributed by atoms with Crippen LogP contribution in [0.2, 0.25) is 0 Å². The van der Waals surface area contributed by atoms with Gasteiger partial charge >= 0.3 is 17.8 Å². The number of nitrogens with zero attached hydrogens (tertiary/aromatic N) is 1. The van der Waals surface area contributed by atoms with E-state index < -0.39 is 29.0 Å². The summed E-state index contributed by atoms with van der Waals surface area (Å²) in [5, 5.41) is 7.19. The first-order valence-electron chi connectivity index (χ1n) is 11.0. The third kappa shape index (κ3) is 7.12. The summed E-state index contributed by atoms with van der Waals surface area (Å²) >= 11 is 3.02. The molecule has 0 aromatic carbocycles. The molecule has 1 aliphatic heterocycles. The molecule has 0 fully saturated rings. The van der Waals surface area contributed by atoms with E-state index in [1.165, 1.54) is 16.9 Å². The van der Waals surface area contributed by atoms with Crippen LogP contribution in [-0.2, 0) is 38.4 Å². The minimum Gasteiger partial charge on any atom is -0.456 e. The predicted molar refractivity (Wildman–Crippen MR) is 131 cm³/mol. The molecule has 0 saturated carbocycles. The topological polar surface area (TPSA) is 84.9 Å². The van der Waals surface area contributed by atoms with Gasteiger partial charge in [-0.2, -0.15) is 11.3 Å². The van der Waals surface area contributed by atoms with E-state index in [-0.39, 0.29) is 0 Å². The Morgan fingerprint density at radius 1 is 1.09 bits per heavy atom. The fourth-order valence-electron chi connectivity index (χ4n) is 3.48. The Hall–Kier alpha value is -2.23. The van der Waals surface area contributed by atoms with Crippen molar-refractivity contribution in [3.05, 3.63) is 38.4 Å². The number of carbonyl (C=O) groups is 3. The normalized spacial score (nSPS) is 14.5. The molecule has 0 radical (unpaired) electrons. The fraction of sp³-hybridized carbons (Fsp3) is 0.542. The second-order valence-corrected chi connectivity index (χ2v) is 12.0. The van der Waals surface area contributed by atoms with Gasteiger partial charge in [-0.05, 0) is 82.3 Å². The lowest BCUT2D eigenvalue weighted by Crippen LogP contribution is -2.33. The smallest absolute Gasteiger partial charge is 0.397 e. The van der Waals surface area contributed by atoms with Gasteiger partial charge in [0.25, 0.3) is 0 Å². The Morgan fingerprint density at radius 3 is 2.39 bits per heavy atom. The van der Waals surface area contributed by atoms with E-state index in [9.17, 15) is 14.4 Å². The fourth-order valence-corrected chi connectivity index (χ4v) is 5.46. The lowest BCUT2D eigenvalue weighted by molar-refractivity contribution is -0.161. The average Bonchev–Trinajstić information content (AvgIpc) is 3.30. The molecule has 180 valence electrons. The molecule has 1 amide bonds. The summed E-state index contributed by atoms with van der Waals surface area (Å²) in [6, 6.07) is 2.14. The predicted octanol–water partition coefficient (Wildman–Crippen LogP) is 4.65. The quantitative estimate of drug-likeness (QED) is 0.483. The molecule has 3 heterocycles. The number of thiophene rings is 2. The van der Waals surface area contributed by atoms with Crippen LogP contribution in [-0.4, -0.2) is 47.0 Å². The Balaban J connectivity index is 1.82. The monoisotopic (exact) mass is 492 g/mol. The SMILES string of the molecule is CC(C)(C)OC(=O)C(=O)Nc1sc2c(c1C(=O)OC(C)(C)C)CCN(CCc1ccsc1)C2. The van der Waals surface area contributed by atoms with E-state index in [1.54, 1.807) is 52.9 Å². The van der Waals surface area contributed by atoms with Crippen LogP contribution in [0.25, 0.3) is 0 Å². The second-order valence-electron chi connectivity index (χ2n) is 10.1. The minimum atomic E-state index is -0.985. The molecule has 0 saturated heterocycles. The number of fused-ring (bicyclic) bond motifs is 1. The van der Waals surface area contributed by atoms with Gasteiger partial charge in [0, 0.05) is 24.5 Å². The standard InChI is InChI=1S/C24H32N2O5S2/c1-23(2,3)30-21(28)18-16-8-11-26(10-7-15-9-12-32-14-15)13-17(16)33-20(18)25-19(27)22(29)31-24(4,5)6/h9,12,14H,7-8,10-11,13H2,1-6H3,(H,25,27). The number of amides is 1. The summed E-state index contributed by atoms with van der Waals surface area (Å²) in [7, 11) is 0. The van der Waals surface area contributed by atoms with Crippen molar-refractivity contribution in [2.45, 2.75) is 72.1 Å². The maximum atomic E-state index is 13.1. The highest BCUT2D eigenvalue weighted by Crippen LogP contribution is 2.38. The number of hydrogen-bond acceptors (Lipinski definition) is 8. The van der Waals surface area contributed by atoms with Gasteiger partial charge in [-0.3, -0.25) is 9.69 Å². The maximum Gasteiger partial charge on any atom is 0.397 e. The molecule has 9 heteroatoms. The van der Waals surface area contributed by atoms with E-state index >= 15 is 0 Å². The van der Waals surface area contributed by atoms with E-state index in [0.717, 1.165) is 30.0 Å². The Labute approximate surface area is 203 Å². The highest BCUT2D eigenvalue weighted by atomic mass is 32.1. The van der Waals surface area contributed by atoms with Crippen LogP contribution in [0, 0.1) is 0 Å². The molecule has 2 aromatic rings. The van der Waals surface area contributed by atoms with E-state index in [2.05, 4.69) is 27.0 Å². The summed E-state index contributed by atoms with van der Waals surface area (Å²) in [5.74, 6) is -2.38. The molecule has 0 bridgehead atoms. The largest absolute Gasteiger partial charge is 0.456 e. The van der Waals surface area contributed by atoms with Gasteiger partial charge in [0.05, 0.1) is 5.56 Å². The van der Waals surface area contributed by atoms with Crippen molar-refractivity contribution in [2.24, 2.45) is 0 Å². The molecule has 0 aliphatic carbocycles. The van der Waals surface area contributed by atoms with Crippen molar-refractivity contribution in [2.75, 3.05) is 18.4 Å². The van der Waals surface area contributed by atoms with Gasteiger partial charge in [0.2, 0.25) is 0 Å². The van der Waals surface area contributed by atoms with E-state index in [1.807, 2.05) is 0 Å². The second kappa shape index (κ2) is 9.95. The number of carbonyl (C=O) groups excluding carboxylic acids is 3. The zero-order chi connectivity index (χ0) is 24.4. The molecule has 0 atom stereocenters. The van der Waals surface area contributed by atoms with Crippen LogP contribution in [0.15, 0.2) is 16.8 Å². The van der Waals surface area contributed by atoms with Crippen LogP contribution in [0.4, 0.5) is 5.00 Å².